The molecule has 2 aromatic heterocycles. The first kappa shape index (κ1) is 20.8. The zero-order valence-corrected chi connectivity index (χ0v) is 18.8. The van der Waals surface area contributed by atoms with Crippen LogP contribution >= 0.6 is 11.3 Å². The standard InChI is InChI=1S/C23H29N5OS/c1-4-27(5-2)21-19-17(3)20(30-22(19)25-16-24-21)23(29)28-13-11-26(12-14-28)15-18-9-7-6-8-10-18/h6-10,16H,4-5,11-15H2,1-3H3. The minimum Gasteiger partial charge on any atom is -0.357 e. The third kappa shape index (κ3) is 4.04. The summed E-state index contributed by atoms with van der Waals surface area (Å²) < 4.78 is 0. The number of hydrogen-bond acceptors (Lipinski definition) is 6. The molecule has 0 saturated carbocycles. The quantitative estimate of drug-likeness (QED) is 0.604. The van der Waals surface area contributed by atoms with Crippen molar-refractivity contribution in [1.29, 1.82) is 0 Å². The third-order valence-corrected chi connectivity index (χ3v) is 7.06. The molecule has 0 radical (unpaired) electrons. The van der Waals surface area contributed by atoms with E-state index in [9.17, 15) is 4.79 Å². The van der Waals surface area contributed by atoms with Gasteiger partial charge in [0.1, 0.15) is 17.0 Å². The summed E-state index contributed by atoms with van der Waals surface area (Å²) in [6.07, 6.45) is 1.61. The van der Waals surface area contributed by atoms with Gasteiger partial charge in [-0.2, -0.15) is 0 Å². The minimum absolute atomic E-state index is 0.125. The predicted molar refractivity (Wildman–Crippen MR) is 123 cm³/mol. The van der Waals surface area contributed by atoms with Gasteiger partial charge in [-0.05, 0) is 31.9 Å². The fraction of sp³-hybridized carbons (Fsp3) is 0.435. The van der Waals surface area contributed by atoms with Crippen LogP contribution in [-0.4, -0.2) is 64.9 Å². The highest BCUT2D eigenvalue weighted by atomic mass is 32.1. The molecule has 1 aliphatic heterocycles. The second kappa shape index (κ2) is 9.10. The highest BCUT2D eigenvalue weighted by Gasteiger charge is 2.27. The molecule has 0 aliphatic carbocycles. The van der Waals surface area contributed by atoms with Gasteiger partial charge in [0.25, 0.3) is 5.91 Å². The molecule has 1 amide bonds. The molecular weight excluding hydrogens is 394 g/mol. The van der Waals surface area contributed by atoms with E-state index in [-0.39, 0.29) is 5.91 Å². The first-order chi connectivity index (χ1) is 14.6. The van der Waals surface area contributed by atoms with Crippen LogP contribution in [0, 0.1) is 6.92 Å². The number of thiophene rings is 1. The molecule has 1 fully saturated rings. The van der Waals surface area contributed by atoms with Gasteiger partial charge in [-0.15, -0.1) is 11.3 Å². The normalized spacial score (nSPS) is 15.0. The molecule has 0 atom stereocenters. The average molecular weight is 424 g/mol. The zero-order chi connectivity index (χ0) is 21.1. The SMILES string of the molecule is CCN(CC)c1ncnc2sc(C(=O)N3CCN(Cc4ccccc4)CC3)c(C)c12. The number of aryl methyl sites for hydroxylation is 1. The Morgan fingerprint density at radius 1 is 1.07 bits per heavy atom. The van der Waals surface area contributed by atoms with E-state index in [1.807, 2.05) is 17.9 Å². The maximum atomic E-state index is 13.3. The number of carbonyl (C=O) groups excluding carboxylic acids is 1. The highest BCUT2D eigenvalue weighted by molar-refractivity contribution is 7.20. The van der Waals surface area contributed by atoms with Crippen LogP contribution in [0.3, 0.4) is 0 Å². The fourth-order valence-corrected chi connectivity index (χ4v) is 5.23. The van der Waals surface area contributed by atoms with Crippen LogP contribution in [0.4, 0.5) is 5.82 Å². The molecule has 1 aromatic carbocycles. The maximum Gasteiger partial charge on any atom is 0.264 e. The first-order valence-electron chi connectivity index (χ1n) is 10.7. The Kier molecular flexibility index (Phi) is 6.29. The van der Waals surface area contributed by atoms with Crippen LogP contribution in [0.25, 0.3) is 10.2 Å². The number of carbonyl (C=O) groups is 1. The number of amides is 1. The molecule has 6 nitrogen and oxygen atoms in total. The summed E-state index contributed by atoms with van der Waals surface area (Å²) in [5, 5.41) is 1.03. The maximum absolute atomic E-state index is 13.3. The van der Waals surface area contributed by atoms with Crippen LogP contribution in [0.1, 0.15) is 34.6 Å². The lowest BCUT2D eigenvalue weighted by molar-refractivity contribution is 0.0632. The van der Waals surface area contributed by atoms with Gasteiger partial charge in [0.15, 0.2) is 0 Å². The smallest absolute Gasteiger partial charge is 0.264 e. The van der Waals surface area contributed by atoms with Crippen molar-refractivity contribution < 1.29 is 4.79 Å². The number of aromatic nitrogens is 2. The second-order valence-electron chi connectivity index (χ2n) is 7.66. The fourth-order valence-electron chi connectivity index (χ4n) is 4.11. The second-order valence-corrected chi connectivity index (χ2v) is 8.66. The summed E-state index contributed by atoms with van der Waals surface area (Å²) in [7, 11) is 0. The van der Waals surface area contributed by atoms with Crippen LogP contribution in [0.15, 0.2) is 36.7 Å². The summed E-state index contributed by atoms with van der Waals surface area (Å²) >= 11 is 1.50. The number of benzene rings is 1. The van der Waals surface area contributed by atoms with Crippen molar-refractivity contribution in [3.63, 3.8) is 0 Å². The molecule has 30 heavy (non-hydrogen) atoms. The molecule has 1 saturated heterocycles. The molecule has 0 unspecified atom stereocenters. The van der Waals surface area contributed by atoms with Gasteiger partial charge in [0, 0.05) is 45.8 Å². The average Bonchev–Trinajstić information content (AvgIpc) is 3.12. The van der Waals surface area contributed by atoms with Gasteiger partial charge in [0.05, 0.1) is 10.3 Å². The zero-order valence-electron chi connectivity index (χ0n) is 18.0. The Morgan fingerprint density at radius 2 is 1.77 bits per heavy atom. The van der Waals surface area contributed by atoms with Crippen molar-refractivity contribution in [3.05, 3.63) is 52.7 Å². The Hall–Kier alpha value is -2.51. The molecule has 4 rings (SSSR count). The lowest BCUT2D eigenvalue weighted by Gasteiger charge is -2.34. The van der Waals surface area contributed by atoms with Gasteiger partial charge in [0.2, 0.25) is 0 Å². The van der Waals surface area contributed by atoms with Crippen LogP contribution in [0.5, 0.6) is 0 Å². The lowest BCUT2D eigenvalue weighted by atomic mass is 10.1. The number of anilines is 1. The monoisotopic (exact) mass is 423 g/mol. The number of nitrogens with zero attached hydrogens (tertiary/aromatic N) is 5. The lowest BCUT2D eigenvalue weighted by Crippen LogP contribution is -2.48. The van der Waals surface area contributed by atoms with E-state index >= 15 is 0 Å². The minimum atomic E-state index is 0.125. The van der Waals surface area contributed by atoms with Crippen molar-refractivity contribution in [2.24, 2.45) is 0 Å². The third-order valence-electron chi connectivity index (χ3n) is 5.87. The number of hydrogen-bond donors (Lipinski definition) is 0. The van der Waals surface area contributed by atoms with E-state index in [4.69, 9.17) is 0 Å². The molecule has 0 N–H and O–H groups in total. The van der Waals surface area contributed by atoms with Gasteiger partial charge < -0.3 is 9.80 Å². The van der Waals surface area contributed by atoms with Crippen molar-refractivity contribution in [2.45, 2.75) is 27.3 Å². The largest absolute Gasteiger partial charge is 0.357 e. The summed E-state index contributed by atoms with van der Waals surface area (Å²) in [4.78, 5) is 30.7. The van der Waals surface area contributed by atoms with Crippen molar-refractivity contribution in [3.8, 4) is 0 Å². The summed E-state index contributed by atoms with van der Waals surface area (Å²) in [5.41, 5.74) is 2.33. The van der Waals surface area contributed by atoms with Gasteiger partial charge in [-0.25, -0.2) is 9.97 Å². The van der Waals surface area contributed by atoms with E-state index in [0.717, 1.165) is 72.3 Å². The van der Waals surface area contributed by atoms with Gasteiger partial charge in [-0.3, -0.25) is 9.69 Å². The van der Waals surface area contributed by atoms with E-state index in [2.05, 4.69) is 57.9 Å². The molecule has 158 valence electrons. The van der Waals surface area contributed by atoms with Crippen LogP contribution < -0.4 is 4.90 Å². The Bertz CT molecular complexity index is 1010. The number of fused-ring (bicyclic) bond motifs is 1. The molecule has 0 spiro atoms. The van der Waals surface area contributed by atoms with Crippen LogP contribution in [-0.2, 0) is 6.54 Å². The summed E-state index contributed by atoms with van der Waals surface area (Å²) in [6, 6.07) is 10.5. The molecule has 7 heteroatoms. The highest BCUT2D eigenvalue weighted by Crippen LogP contribution is 2.35. The molecular formula is C23H29N5OS. The Balaban J connectivity index is 1.50. The van der Waals surface area contributed by atoms with E-state index in [0.29, 0.717) is 0 Å². The van der Waals surface area contributed by atoms with Crippen molar-refractivity contribution >= 4 is 33.3 Å². The number of piperazine rings is 1. The molecule has 3 heterocycles. The van der Waals surface area contributed by atoms with E-state index in [1.165, 1.54) is 16.9 Å². The summed E-state index contributed by atoms with van der Waals surface area (Å²) in [5.74, 6) is 1.06. The molecule has 3 aromatic rings. The molecule has 0 bridgehead atoms. The molecule has 1 aliphatic rings. The first-order valence-corrected chi connectivity index (χ1v) is 11.5. The van der Waals surface area contributed by atoms with Crippen molar-refractivity contribution in [2.75, 3.05) is 44.2 Å². The number of rotatable bonds is 6. The van der Waals surface area contributed by atoms with E-state index in [1.54, 1.807) is 6.33 Å². The topological polar surface area (TPSA) is 52.6 Å². The van der Waals surface area contributed by atoms with Crippen LogP contribution in [0.2, 0.25) is 0 Å². The predicted octanol–water partition coefficient (Wildman–Crippen LogP) is 3.80. The summed E-state index contributed by atoms with van der Waals surface area (Å²) in [6.45, 7) is 12.3. The van der Waals surface area contributed by atoms with Gasteiger partial charge >= 0.3 is 0 Å². The van der Waals surface area contributed by atoms with Crippen molar-refractivity contribution in [1.82, 2.24) is 19.8 Å². The van der Waals surface area contributed by atoms with E-state index < -0.39 is 0 Å². The Labute approximate surface area is 182 Å². The van der Waals surface area contributed by atoms with Gasteiger partial charge in [-0.1, -0.05) is 30.3 Å². The Morgan fingerprint density at radius 3 is 2.43 bits per heavy atom.